The van der Waals surface area contributed by atoms with E-state index in [9.17, 15) is 9.59 Å². The average Bonchev–Trinajstić information content (AvgIpc) is 3.64. The molecular weight excluding hydrogens is 580 g/mol. The number of esters is 1. The lowest BCUT2D eigenvalue weighted by Gasteiger charge is -2.32. The summed E-state index contributed by atoms with van der Waals surface area (Å²) >= 11 is 1.25. The number of fused-ring (bicyclic) bond motifs is 1. The highest BCUT2D eigenvalue weighted by molar-refractivity contribution is 7.07. The van der Waals surface area contributed by atoms with Gasteiger partial charge in [-0.2, -0.15) is 0 Å². The van der Waals surface area contributed by atoms with Crippen LogP contribution in [0.2, 0.25) is 0 Å². The highest BCUT2D eigenvalue weighted by Crippen LogP contribution is 2.38. The summed E-state index contributed by atoms with van der Waals surface area (Å²) in [5.74, 6) is 1.80. The lowest BCUT2D eigenvalue weighted by molar-refractivity contribution is -0.138. The Morgan fingerprint density at radius 1 is 1.02 bits per heavy atom. The van der Waals surface area contributed by atoms with E-state index in [1.807, 2.05) is 48.5 Å². The number of nitrogens with zero attached hydrogens (tertiary/aromatic N) is 4. The molecule has 1 atom stereocenters. The third-order valence-corrected chi connectivity index (χ3v) is 8.78. The third-order valence-electron chi connectivity index (χ3n) is 7.80. The third kappa shape index (κ3) is 5.56. The summed E-state index contributed by atoms with van der Waals surface area (Å²) in [5, 5.41) is 0. The van der Waals surface area contributed by atoms with E-state index in [2.05, 4.69) is 16.8 Å². The molecule has 2 aliphatic rings. The van der Waals surface area contributed by atoms with Gasteiger partial charge >= 0.3 is 5.97 Å². The Kier molecular flexibility index (Phi) is 8.40. The predicted molar refractivity (Wildman–Crippen MR) is 169 cm³/mol. The lowest BCUT2D eigenvalue weighted by Crippen LogP contribution is -2.44. The zero-order valence-corrected chi connectivity index (χ0v) is 25.9. The molecule has 11 heteroatoms. The number of aromatic nitrogens is 1. The van der Waals surface area contributed by atoms with Crippen LogP contribution >= 0.6 is 11.3 Å². The van der Waals surface area contributed by atoms with Crippen molar-refractivity contribution in [3.8, 4) is 11.5 Å². The molecule has 0 N–H and O–H groups in total. The Bertz CT molecular complexity index is 1880. The zero-order valence-electron chi connectivity index (χ0n) is 25.1. The van der Waals surface area contributed by atoms with Crippen molar-refractivity contribution in [3.63, 3.8) is 0 Å². The summed E-state index contributed by atoms with van der Waals surface area (Å²) in [7, 11) is 5.21. The molecule has 228 valence electrons. The van der Waals surface area contributed by atoms with Crippen LogP contribution in [-0.4, -0.2) is 69.5 Å². The van der Waals surface area contributed by atoms with Gasteiger partial charge in [-0.1, -0.05) is 47.7 Å². The summed E-state index contributed by atoms with van der Waals surface area (Å²) in [6.45, 7) is 5.57. The van der Waals surface area contributed by atoms with Crippen LogP contribution in [0, 0.1) is 0 Å². The fourth-order valence-electron chi connectivity index (χ4n) is 5.52. The van der Waals surface area contributed by atoms with E-state index in [-0.39, 0.29) is 17.7 Å². The Morgan fingerprint density at radius 2 is 1.77 bits per heavy atom. The molecule has 0 spiro atoms. The fraction of sp³-hybridized carbons (Fsp3) is 0.303. The first-order chi connectivity index (χ1) is 21.4. The number of hydrogen-bond donors (Lipinski definition) is 0. The number of thiazole rings is 1. The van der Waals surface area contributed by atoms with Crippen LogP contribution < -0.4 is 29.3 Å². The van der Waals surface area contributed by atoms with E-state index >= 15 is 0 Å². The topological polar surface area (TPSA) is 98.7 Å². The van der Waals surface area contributed by atoms with Crippen LogP contribution in [0.4, 0.5) is 5.88 Å². The van der Waals surface area contributed by atoms with E-state index in [0.717, 1.165) is 37.6 Å². The van der Waals surface area contributed by atoms with Crippen molar-refractivity contribution in [3.05, 3.63) is 103 Å². The number of carbonyl (C=O) groups excluding carboxylic acids is 1. The number of benzene rings is 2. The molecule has 44 heavy (non-hydrogen) atoms. The fourth-order valence-corrected chi connectivity index (χ4v) is 6.51. The maximum atomic E-state index is 14.2. The van der Waals surface area contributed by atoms with Crippen molar-refractivity contribution in [1.29, 1.82) is 0 Å². The summed E-state index contributed by atoms with van der Waals surface area (Å²) in [6.07, 6.45) is 1.74. The highest BCUT2D eigenvalue weighted by atomic mass is 32.1. The van der Waals surface area contributed by atoms with Crippen molar-refractivity contribution in [2.75, 3.05) is 59.0 Å². The number of ether oxygens (including phenoxy) is 3. The second-order valence-corrected chi connectivity index (χ2v) is 11.5. The monoisotopic (exact) mass is 614 g/mol. The van der Waals surface area contributed by atoms with Gasteiger partial charge in [-0.25, -0.2) is 9.79 Å². The minimum absolute atomic E-state index is 0.168. The first-order valence-electron chi connectivity index (χ1n) is 14.5. The van der Waals surface area contributed by atoms with E-state index < -0.39 is 12.0 Å². The maximum Gasteiger partial charge on any atom is 0.338 e. The van der Waals surface area contributed by atoms with Crippen molar-refractivity contribution < 1.29 is 23.4 Å². The van der Waals surface area contributed by atoms with Gasteiger partial charge in [-0.3, -0.25) is 9.36 Å². The minimum Gasteiger partial charge on any atom is -0.493 e. The molecule has 2 aromatic carbocycles. The maximum absolute atomic E-state index is 14.2. The first-order valence-corrected chi connectivity index (χ1v) is 15.3. The van der Waals surface area contributed by atoms with E-state index in [0.29, 0.717) is 37.9 Å². The lowest BCUT2D eigenvalue weighted by atomic mass is 9.93. The quantitative estimate of drug-likeness (QED) is 0.279. The Morgan fingerprint density at radius 3 is 2.48 bits per heavy atom. The van der Waals surface area contributed by atoms with Gasteiger partial charge in [0.2, 0.25) is 0 Å². The van der Waals surface area contributed by atoms with E-state index in [1.165, 1.54) is 11.3 Å². The molecule has 6 rings (SSSR count). The van der Waals surface area contributed by atoms with Crippen molar-refractivity contribution in [2.45, 2.75) is 13.0 Å². The number of hydrogen-bond acceptors (Lipinski definition) is 10. The van der Waals surface area contributed by atoms with Crippen LogP contribution in [0.5, 0.6) is 11.5 Å². The SMILES string of the molecule is CCOC(=O)C1=C(c2ccccc2)N=c2sc(=Cc3ccc(N4CCN(C)CC4)o3)c(=O)n2C1c1ccc(OC)c(OC)c1. The van der Waals surface area contributed by atoms with E-state index in [4.69, 9.17) is 23.6 Å². The first kappa shape index (κ1) is 29.5. The van der Waals surface area contributed by atoms with Crippen molar-refractivity contribution >= 4 is 35.0 Å². The number of likely N-dealkylation sites (N-methyl/N-ethyl adjacent to an activating group) is 1. The molecule has 2 aromatic heterocycles. The van der Waals surface area contributed by atoms with Crippen LogP contribution in [0.3, 0.4) is 0 Å². The molecule has 2 aliphatic heterocycles. The molecule has 0 aliphatic carbocycles. The van der Waals surface area contributed by atoms with Gasteiger partial charge in [0, 0.05) is 43.9 Å². The molecule has 1 fully saturated rings. The van der Waals surface area contributed by atoms with Crippen molar-refractivity contribution in [1.82, 2.24) is 9.47 Å². The molecule has 4 aromatic rings. The van der Waals surface area contributed by atoms with Crippen LogP contribution in [-0.2, 0) is 9.53 Å². The standard InChI is InChI=1S/C33H34N4O6S/c1-5-42-32(39)28-29(21-9-7-6-8-10-21)34-33-37(30(28)22-11-13-24(40-3)25(19-22)41-4)31(38)26(44-33)20-23-12-14-27(43-23)36-17-15-35(2)16-18-36/h6-14,19-20,30H,5,15-18H2,1-4H3. The Hall–Kier alpha value is -4.61. The molecule has 0 bridgehead atoms. The molecule has 4 heterocycles. The molecule has 1 unspecified atom stereocenters. The van der Waals surface area contributed by atoms with Gasteiger partial charge in [0.05, 0.1) is 42.7 Å². The minimum atomic E-state index is -0.833. The number of carbonyl (C=O) groups is 1. The molecular formula is C33H34N4O6S. The summed E-state index contributed by atoms with van der Waals surface area (Å²) in [6, 6.07) is 17.8. The van der Waals surface area contributed by atoms with Gasteiger partial charge in [-0.15, -0.1) is 0 Å². The zero-order chi connectivity index (χ0) is 30.8. The van der Waals surface area contributed by atoms with Crippen LogP contribution in [0.1, 0.15) is 29.9 Å². The Balaban J connectivity index is 1.54. The largest absolute Gasteiger partial charge is 0.493 e. The number of furan rings is 1. The normalized spacial score (nSPS) is 17.3. The van der Waals surface area contributed by atoms with Gasteiger partial charge in [0.25, 0.3) is 5.56 Å². The highest BCUT2D eigenvalue weighted by Gasteiger charge is 2.35. The molecule has 1 saturated heterocycles. The number of piperazine rings is 1. The summed E-state index contributed by atoms with van der Waals surface area (Å²) < 4.78 is 24.8. The predicted octanol–water partition coefficient (Wildman–Crippen LogP) is 3.30. The second-order valence-electron chi connectivity index (χ2n) is 10.5. The van der Waals surface area contributed by atoms with Gasteiger partial charge in [0.1, 0.15) is 5.76 Å². The van der Waals surface area contributed by atoms with Crippen LogP contribution in [0.25, 0.3) is 11.8 Å². The Labute approximate surface area is 258 Å². The average molecular weight is 615 g/mol. The second kappa shape index (κ2) is 12.6. The van der Waals surface area contributed by atoms with E-state index in [1.54, 1.807) is 43.9 Å². The molecule has 0 amide bonds. The summed E-state index contributed by atoms with van der Waals surface area (Å²) in [5.41, 5.74) is 1.81. The molecule has 0 radical (unpaired) electrons. The summed E-state index contributed by atoms with van der Waals surface area (Å²) in [4.78, 5) is 37.7. The molecule has 0 saturated carbocycles. The number of anilines is 1. The van der Waals surface area contributed by atoms with Gasteiger partial charge in [-0.05, 0) is 37.7 Å². The van der Waals surface area contributed by atoms with Crippen LogP contribution in [0.15, 0.2) is 80.4 Å². The van der Waals surface area contributed by atoms with Gasteiger partial charge < -0.3 is 28.4 Å². The number of methoxy groups -OCH3 is 2. The van der Waals surface area contributed by atoms with Gasteiger partial charge in [0.15, 0.2) is 22.2 Å². The molecule has 10 nitrogen and oxygen atoms in total. The number of rotatable bonds is 8. The smallest absolute Gasteiger partial charge is 0.338 e. The van der Waals surface area contributed by atoms with Crippen molar-refractivity contribution in [2.24, 2.45) is 4.99 Å².